The number of hydrogen-bond donors (Lipinski definition) is 0. The second-order valence-corrected chi connectivity index (χ2v) is 6.80. The molecule has 0 aromatic rings. The Kier molecular flexibility index (Phi) is 52.2. The average molecular weight is 415 g/mol. The van der Waals surface area contributed by atoms with Crippen molar-refractivity contribution >= 4 is 11.9 Å². The Labute approximate surface area is 182 Å². The van der Waals surface area contributed by atoms with Gasteiger partial charge in [0.15, 0.2) is 0 Å². The summed E-state index contributed by atoms with van der Waals surface area (Å²) in [4.78, 5) is 22.2. The standard InChI is InChI=1S/C9H18O2.C8H16O2.7CH4/c1-6-7(2)8(10)11-9(3,4)5;1-5-8(3,4)7(9)10-6-2;;;;;;;/h7H,6H2,1-5H3;5-6H2,1-4H3;7*1H4. The van der Waals surface area contributed by atoms with Gasteiger partial charge >= 0.3 is 11.9 Å². The van der Waals surface area contributed by atoms with Crippen LogP contribution in [0.3, 0.4) is 0 Å². The Morgan fingerprint density at radius 3 is 1.36 bits per heavy atom. The van der Waals surface area contributed by atoms with Crippen LogP contribution < -0.4 is 0 Å². The Balaban J connectivity index is -0.0000000295. The van der Waals surface area contributed by atoms with E-state index in [-0.39, 0.29) is 80.9 Å². The molecule has 0 bridgehead atoms. The van der Waals surface area contributed by atoms with Crippen molar-refractivity contribution in [3.8, 4) is 0 Å². The summed E-state index contributed by atoms with van der Waals surface area (Å²) in [5.41, 5.74) is -0.656. The number of esters is 2. The number of carbonyl (C=O) groups excluding carboxylic acids is 2. The van der Waals surface area contributed by atoms with E-state index in [0.717, 1.165) is 12.8 Å². The van der Waals surface area contributed by atoms with Gasteiger partial charge in [-0.2, -0.15) is 0 Å². The van der Waals surface area contributed by atoms with Crippen molar-refractivity contribution in [1.29, 1.82) is 0 Å². The highest BCUT2D eigenvalue weighted by atomic mass is 16.6. The van der Waals surface area contributed by atoms with E-state index in [4.69, 9.17) is 9.47 Å². The summed E-state index contributed by atoms with van der Waals surface area (Å²) in [5.74, 6) is -0.174. The molecule has 28 heavy (non-hydrogen) atoms. The predicted molar refractivity (Wildman–Crippen MR) is 133 cm³/mol. The van der Waals surface area contributed by atoms with Gasteiger partial charge in [0, 0.05) is 0 Å². The number of hydrogen-bond acceptors (Lipinski definition) is 4. The molecule has 4 nitrogen and oxygen atoms in total. The van der Waals surface area contributed by atoms with Crippen LogP contribution in [-0.4, -0.2) is 24.1 Å². The molecule has 0 spiro atoms. The molecular formula is C24H62O4. The molecule has 0 aliphatic heterocycles. The molecule has 0 fully saturated rings. The molecule has 0 heterocycles. The van der Waals surface area contributed by atoms with Crippen molar-refractivity contribution in [3.63, 3.8) is 0 Å². The van der Waals surface area contributed by atoms with E-state index in [9.17, 15) is 9.59 Å². The summed E-state index contributed by atoms with van der Waals surface area (Å²) in [7, 11) is 0. The Morgan fingerprint density at radius 2 is 1.14 bits per heavy atom. The van der Waals surface area contributed by atoms with E-state index >= 15 is 0 Å². The lowest BCUT2D eigenvalue weighted by Crippen LogP contribution is -2.27. The summed E-state index contributed by atoms with van der Waals surface area (Å²) in [6.45, 7) is 17.6. The molecule has 1 unspecified atom stereocenters. The monoisotopic (exact) mass is 414 g/mol. The second kappa shape index (κ2) is 25.9. The SMILES string of the molecule is C.C.C.C.C.C.C.CCC(C)C(=O)OC(C)(C)C.CCOC(=O)C(C)(C)CC. The van der Waals surface area contributed by atoms with Crippen molar-refractivity contribution < 1.29 is 19.1 Å². The highest BCUT2D eigenvalue weighted by molar-refractivity contribution is 5.75. The fourth-order valence-corrected chi connectivity index (χ4v) is 1.04. The largest absolute Gasteiger partial charge is 0.466 e. The normalized spacial score (nSPS) is 9.61. The lowest BCUT2D eigenvalue weighted by molar-refractivity contribution is -0.159. The minimum Gasteiger partial charge on any atom is -0.466 e. The first kappa shape index (κ1) is 56.3. The van der Waals surface area contributed by atoms with E-state index in [2.05, 4.69) is 0 Å². The molecule has 182 valence electrons. The topological polar surface area (TPSA) is 52.6 Å². The molecule has 0 radical (unpaired) electrons. The molecule has 0 aromatic carbocycles. The zero-order valence-electron chi connectivity index (χ0n) is 15.3. The van der Waals surface area contributed by atoms with Crippen LogP contribution in [0.2, 0.25) is 0 Å². The molecule has 0 aliphatic carbocycles. The summed E-state index contributed by atoms with van der Waals surface area (Å²) in [6.07, 6.45) is 1.67. The molecule has 0 saturated heterocycles. The molecule has 0 N–H and O–H groups in total. The maximum atomic E-state index is 11.2. The molecule has 0 saturated carbocycles. The van der Waals surface area contributed by atoms with Crippen LogP contribution in [0, 0.1) is 11.3 Å². The van der Waals surface area contributed by atoms with Gasteiger partial charge in [0.1, 0.15) is 5.60 Å². The number of ether oxygens (including phenoxy) is 2. The van der Waals surface area contributed by atoms with Gasteiger partial charge in [0.05, 0.1) is 17.9 Å². The minimum absolute atomic E-state index is 0. The van der Waals surface area contributed by atoms with Crippen molar-refractivity contribution in [2.24, 2.45) is 11.3 Å². The highest BCUT2D eigenvalue weighted by Crippen LogP contribution is 2.21. The quantitative estimate of drug-likeness (QED) is 0.421. The predicted octanol–water partition coefficient (Wildman–Crippen LogP) is 8.81. The zero-order valence-corrected chi connectivity index (χ0v) is 15.3. The third kappa shape index (κ3) is 29.7. The summed E-state index contributed by atoms with van der Waals surface area (Å²) < 4.78 is 10.0. The van der Waals surface area contributed by atoms with E-state index in [0.29, 0.717) is 6.61 Å². The maximum absolute atomic E-state index is 11.2. The van der Waals surface area contributed by atoms with E-state index in [1.807, 2.05) is 62.3 Å². The third-order valence-corrected chi connectivity index (χ3v) is 3.13. The first-order valence-electron chi connectivity index (χ1n) is 7.81. The van der Waals surface area contributed by atoms with Gasteiger partial charge in [-0.15, -0.1) is 0 Å². The number of carbonyl (C=O) groups is 2. The zero-order chi connectivity index (χ0) is 17.3. The van der Waals surface area contributed by atoms with Crippen LogP contribution in [0.25, 0.3) is 0 Å². The van der Waals surface area contributed by atoms with E-state index in [1.165, 1.54) is 0 Å². The molecule has 0 aliphatic rings. The van der Waals surface area contributed by atoms with Gasteiger partial charge in [-0.05, 0) is 54.4 Å². The third-order valence-electron chi connectivity index (χ3n) is 3.13. The van der Waals surface area contributed by atoms with Gasteiger partial charge in [0.25, 0.3) is 0 Å². The van der Waals surface area contributed by atoms with Crippen LogP contribution in [0.5, 0.6) is 0 Å². The Hall–Kier alpha value is -1.06. The minimum atomic E-state index is -0.347. The Bertz CT molecular complexity index is 315. The fourth-order valence-electron chi connectivity index (χ4n) is 1.04. The van der Waals surface area contributed by atoms with Gasteiger partial charge < -0.3 is 9.47 Å². The van der Waals surface area contributed by atoms with Crippen LogP contribution in [0.15, 0.2) is 0 Å². The van der Waals surface area contributed by atoms with Gasteiger partial charge in [-0.3, -0.25) is 9.59 Å². The number of rotatable bonds is 5. The molecule has 0 rings (SSSR count). The first-order valence-corrected chi connectivity index (χ1v) is 7.81. The maximum Gasteiger partial charge on any atom is 0.311 e. The lowest BCUT2D eigenvalue weighted by atomic mass is 9.91. The van der Waals surface area contributed by atoms with Crippen molar-refractivity contribution in [2.75, 3.05) is 6.61 Å². The van der Waals surface area contributed by atoms with Crippen molar-refractivity contribution in [1.82, 2.24) is 0 Å². The lowest BCUT2D eigenvalue weighted by Gasteiger charge is -2.21. The van der Waals surface area contributed by atoms with Crippen molar-refractivity contribution in [2.45, 2.75) is 133 Å². The molecular weight excluding hydrogens is 352 g/mol. The van der Waals surface area contributed by atoms with Crippen LogP contribution in [0.4, 0.5) is 0 Å². The molecule has 1 atom stereocenters. The van der Waals surface area contributed by atoms with Crippen molar-refractivity contribution in [3.05, 3.63) is 0 Å². The Morgan fingerprint density at radius 1 is 0.786 bits per heavy atom. The average Bonchev–Trinajstić information content (AvgIpc) is 2.36. The van der Waals surface area contributed by atoms with E-state index < -0.39 is 0 Å². The van der Waals surface area contributed by atoms with Crippen LogP contribution in [0.1, 0.15) is 127 Å². The van der Waals surface area contributed by atoms with Gasteiger partial charge in [-0.25, -0.2) is 0 Å². The first-order chi connectivity index (χ1) is 9.41. The second-order valence-electron chi connectivity index (χ2n) is 6.80. The fraction of sp³-hybridized carbons (Fsp3) is 0.917. The molecule has 4 heteroatoms. The highest BCUT2D eigenvalue weighted by Gasteiger charge is 2.26. The van der Waals surface area contributed by atoms with Crippen LogP contribution in [-0.2, 0) is 19.1 Å². The molecule has 0 aromatic heterocycles. The van der Waals surface area contributed by atoms with Gasteiger partial charge in [-0.1, -0.05) is 72.8 Å². The summed E-state index contributed by atoms with van der Waals surface area (Å²) >= 11 is 0. The van der Waals surface area contributed by atoms with Gasteiger partial charge in [0.2, 0.25) is 0 Å². The smallest absolute Gasteiger partial charge is 0.311 e. The molecule has 0 amide bonds. The summed E-state index contributed by atoms with van der Waals surface area (Å²) in [6, 6.07) is 0. The van der Waals surface area contributed by atoms with E-state index in [1.54, 1.807) is 0 Å². The summed E-state index contributed by atoms with van der Waals surface area (Å²) in [5, 5.41) is 0. The van der Waals surface area contributed by atoms with Crippen LogP contribution >= 0.6 is 0 Å².